The van der Waals surface area contributed by atoms with Gasteiger partial charge in [-0.05, 0) is 30.5 Å². The molecule has 0 saturated heterocycles. The van der Waals surface area contributed by atoms with Crippen molar-refractivity contribution in [3.63, 3.8) is 0 Å². The van der Waals surface area contributed by atoms with Crippen molar-refractivity contribution in [1.82, 2.24) is 4.37 Å². The third-order valence-electron chi connectivity index (χ3n) is 4.93. The number of anilines is 1. The van der Waals surface area contributed by atoms with Crippen molar-refractivity contribution >= 4 is 28.1 Å². The van der Waals surface area contributed by atoms with Crippen molar-refractivity contribution in [2.45, 2.75) is 25.3 Å². The molecule has 128 valence electrons. The Morgan fingerprint density at radius 2 is 2.04 bits per heavy atom. The van der Waals surface area contributed by atoms with Crippen LogP contribution in [0.25, 0.3) is 0 Å². The van der Waals surface area contributed by atoms with E-state index in [1.165, 1.54) is 0 Å². The van der Waals surface area contributed by atoms with Crippen LogP contribution >= 0.6 is 11.5 Å². The topological polar surface area (TPSA) is 59.5 Å². The first-order valence-corrected chi connectivity index (χ1v) is 8.44. The summed E-state index contributed by atoms with van der Waals surface area (Å²) in [5, 5.41) is 0.442. The summed E-state index contributed by atoms with van der Waals surface area (Å²) in [6.07, 6.45) is 1.48. The highest BCUT2D eigenvalue weighted by Gasteiger charge is 2.51. The molecule has 0 amide bonds. The van der Waals surface area contributed by atoms with Crippen molar-refractivity contribution < 1.29 is 27.5 Å². The van der Waals surface area contributed by atoms with Gasteiger partial charge in [0, 0.05) is 17.9 Å². The number of allylic oxidation sites excluding steroid dienone is 4. The zero-order valence-electron chi connectivity index (χ0n) is 12.5. The molecule has 0 N–H and O–H groups in total. The number of fused-ring (bicyclic) bond motifs is 3. The SMILES string of the molecule is O=C1CCC2=C(OC3=C(F)C(F)=CC4Cc5c(F)nsc5N2C34)C1=O. The third-order valence-corrected chi connectivity index (χ3v) is 5.80. The first-order valence-electron chi connectivity index (χ1n) is 7.66. The highest BCUT2D eigenvalue weighted by molar-refractivity contribution is 7.10. The summed E-state index contributed by atoms with van der Waals surface area (Å²) in [5.74, 6) is -5.68. The van der Waals surface area contributed by atoms with Gasteiger partial charge < -0.3 is 9.64 Å². The molecule has 0 aromatic carbocycles. The van der Waals surface area contributed by atoms with Gasteiger partial charge >= 0.3 is 0 Å². The van der Waals surface area contributed by atoms with Crippen molar-refractivity contribution in [2.75, 3.05) is 4.90 Å². The maximum absolute atomic E-state index is 14.4. The van der Waals surface area contributed by atoms with Crippen molar-refractivity contribution in [3.8, 4) is 0 Å². The minimum Gasteiger partial charge on any atom is -0.450 e. The lowest BCUT2D eigenvalue weighted by atomic mass is 9.81. The van der Waals surface area contributed by atoms with E-state index in [2.05, 4.69) is 4.37 Å². The Balaban J connectivity index is 1.80. The molecule has 0 fully saturated rings. The molecule has 3 heterocycles. The van der Waals surface area contributed by atoms with Gasteiger partial charge in [-0.15, -0.1) is 0 Å². The summed E-state index contributed by atoms with van der Waals surface area (Å²) in [6, 6.07) is -0.716. The van der Waals surface area contributed by atoms with Crippen LogP contribution in [0.5, 0.6) is 0 Å². The molecule has 2 unspecified atom stereocenters. The largest absolute Gasteiger partial charge is 0.450 e. The summed E-state index contributed by atoms with van der Waals surface area (Å²) < 4.78 is 51.5. The second-order valence-corrected chi connectivity index (χ2v) is 7.01. The van der Waals surface area contributed by atoms with E-state index in [4.69, 9.17) is 4.74 Å². The van der Waals surface area contributed by atoms with Gasteiger partial charge in [-0.25, -0.2) is 4.39 Å². The molecule has 1 aromatic heterocycles. The van der Waals surface area contributed by atoms with E-state index >= 15 is 0 Å². The van der Waals surface area contributed by atoms with Gasteiger partial charge in [0.05, 0.1) is 5.70 Å². The normalized spacial score (nSPS) is 27.6. The van der Waals surface area contributed by atoms with E-state index in [0.717, 1.165) is 17.6 Å². The van der Waals surface area contributed by atoms with E-state index in [1.54, 1.807) is 4.90 Å². The Kier molecular flexibility index (Phi) is 2.87. The summed E-state index contributed by atoms with van der Waals surface area (Å²) >= 11 is 0.892. The molecule has 5 nitrogen and oxygen atoms in total. The molecule has 0 bridgehead atoms. The van der Waals surface area contributed by atoms with E-state index in [1.807, 2.05) is 0 Å². The lowest BCUT2D eigenvalue weighted by Gasteiger charge is -2.47. The average Bonchev–Trinajstić information content (AvgIpc) is 2.96. The number of Topliss-reactive ketones (excluding diaryl/α,β-unsaturated/α-hetero) is 2. The third kappa shape index (κ3) is 1.81. The molecule has 9 heteroatoms. The van der Waals surface area contributed by atoms with Crippen LogP contribution in [-0.4, -0.2) is 22.0 Å². The second-order valence-electron chi connectivity index (χ2n) is 6.26. The minimum absolute atomic E-state index is 0.00272. The number of halogens is 3. The standard InChI is InChI=1S/C16H9F3N2O3S/c17-7-4-5-3-6-15(19)20-25-16(6)21-8-1-2-9(22)12(23)13(8)24-14(10(7)18)11(5)21/h4-5,11H,1-3H2. The minimum atomic E-state index is -1.20. The molecule has 0 saturated carbocycles. The van der Waals surface area contributed by atoms with Gasteiger partial charge in [-0.1, -0.05) is 0 Å². The molecular formula is C16H9F3N2O3S. The van der Waals surface area contributed by atoms with Crippen LogP contribution in [0.2, 0.25) is 0 Å². The molecular weight excluding hydrogens is 357 g/mol. The first-order chi connectivity index (χ1) is 12.0. The number of ether oxygens (including phenoxy) is 1. The predicted octanol–water partition coefficient (Wildman–Crippen LogP) is 2.85. The van der Waals surface area contributed by atoms with Crippen LogP contribution in [0.15, 0.2) is 34.9 Å². The summed E-state index contributed by atoms with van der Waals surface area (Å²) in [7, 11) is 0. The lowest BCUT2D eigenvalue weighted by molar-refractivity contribution is -0.137. The Bertz CT molecular complexity index is 962. The molecule has 2 aliphatic heterocycles. The Morgan fingerprint density at radius 3 is 2.84 bits per heavy atom. The van der Waals surface area contributed by atoms with E-state index in [9.17, 15) is 22.8 Å². The molecule has 1 aromatic rings. The van der Waals surface area contributed by atoms with Gasteiger partial charge in [0.2, 0.25) is 11.7 Å². The Labute approximate surface area is 143 Å². The van der Waals surface area contributed by atoms with Crippen LogP contribution < -0.4 is 4.90 Å². The molecule has 4 aliphatic rings. The molecule has 0 radical (unpaired) electrons. The van der Waals surface area contributed by atoms with Gasteiger partial charge in [-0.3, -0.25) is 9.59 Å². The number of hydrogen-bond donors (Lipinski definition) is 0. The zero-order valence-corrected chi connectivity index (χ0v) is 13.3. The number of aromatic nitrogens is 1. The fourth-order valence-corrected chi connectivity index (χ4v) is 4.70. The second kappa shape index (κ2) is 4.81. The Morgan fingerprint density at radius 1 is 1.24 bits per heavy atom. The summed E-state index contributed by atoms with van der Waals surface area (Å²) in [6.45, 7) is 0. The molecule has 0 spiro atoms. The highest BCUT2D eigenvalue weighted by atomic mass is 32.1. The molecule has 25 heavy (non-hydrogen) atoms. The Hall–Kier alpha value is -2.42. The summed E-state index contributed by atoms with van der Waals surface area (Å²) in [4.78, 5) is 25.5. The number of rotatable bonds is 0. The van der Waals surface area contributed by atoms with E-state index in [0.29, 0.717) is 16.3 Å². The molecule has 2 atom stereocenters. The highest BCUT2D eigenvalue weighted by Crippen LogP contribution is 2.51. The number of carbonyl (C=O) groups is 2. The monoisotopic (exact) mass is 366 g/mol. The number of nitrogens with zero attached hydrogens (tertiary/aromatic N) is 2. The van der Waals surface area contributed by atoms with Gasteiger partial charge in [0.25, 0.3) is 5.78 Å². The van der Waals surface area contributed by atoms with Crippen LogP contribution in [-0.2, 0) is 20.7 Å². The smallest absolute Gasteiger partial charge is 0.265 e. The summed E-state index contributed by atoms with van der Waals surface area (Å²) in [5.41, 5.74) is 0.700. The predicted molar refractivity (Wildman–Crippen MR) is 80.2 cm³/mol. The van der Waals surface area contributed by atoms with E-state index in [-0.39, 0.29) is 30.8 Å². The maximum atomic E-state index is 14.4. The number of ketones is 2. The number of hydrogen-bond acceptors (Lipinski definition) is 6. The van der Waals surface area contributed by atoms with E-state index < -0.39 is 41.1 Å². The number of carbonyl (C=O) groups excluding carboxylic acids is 2. The lowest BCUT2D eigenvalue weighted by Crippen LogP contribution is -2.52. The van der Waals surface area contributed by atoms with Gasteiger partial charge in [0.15, 0.2) is 23.2 Å². The average molecular weight is 366 g/mol. The van der Waals surface area contributed by atoms with Crippen LogP contribution in [0.3, 0.4) is 0 Å². The quantitative estimate of drug-likeness (QED) is 0.661. The zero-order chi connectivity index (χ0) is 17.5. The van der Waals surface area contributed by atoms with Crippen LogP contribution in [0.4, 0.5) is 18.2 Å². The van der Waals surface area contributed by atoms with Gasteiger partial charge in [0.1, 0.15) is 11.0 Å². The van der Waals surface area contributed by atoms with Gasteiger partial charge in [-0.2, -0.15) is 13.2 Å². The molecule has 2 aliphatic carbocycles. The molecule has 5 rings (SSSR count). The van der Waals surface area contributed by atoms with Crippen LogP contribution in [0.1, 0.15) is 18.4 Å². The fraction of sp³-hybridized carbons (Fsp3) is 0.312. The van der Waals surface area contributed by atoms with Crippen molar-refractivity contribution in [2.24, 2.45) is 5.92 Å². The first kappa shape index (κ1) is 14.9. The van der Waals surface area contributed by atoms with Crippen LogP contribution in [0, 0.1) is 11.9 Å². The fourth-order valence-electron chi connectivity index (χ4n) is 3.84. The van der Waals surface area contributed by atoms with Crippen molar-refractivity contribution in [3.05, 3.63) is 46.5 Å². The van der Waals surface area contributed by atoms with Crippen molar-refractivity contribution in [1.29, 1.82) is 0 Å². The maximum Gasteiger partial charge on any atom is 0.265 e.